The third-order valence-corrected chi connectivity index (χ3v) is 4.42. The van der Waals surface area contributed by atoms with Crippen LogP contribution >= 0.6 is 0 Å². The number of fused-ring (bicyclic) bond motifs is 1. The number of aromatic nitrogens is 2. The monoisotopic (exact) mass is 376 g/mol. The maximum Gasteiger partial charge on any atom is 0.254 e. The lowest BCUT2D eigenvalue weighted by Gasteiger charge is -2.20. The van der Waals surface area contributed by atoms with Crippen LogP contribution in [0.5, 0.6) is 11.5 Å². The average Bonchev–Trinajstić information content (AvgIpc) is 3.22. The van der Waals surface area contributed by atoms with Crippen molar-refractivity contribution >= 4 is 17.5 Å². The number of benzene rings is 2. The summed E-state index contributed by atoms with van der Waals surface area (Å²) in [4.78, 5) is 23.1. The summed E-state index contributed by atoms with van der Waals surface area (Å²) < 4.78 is 10.6. The minimum absolute atomic E-state index is 0.229. The van der Waals surface area contributed by atoms with Gasteiger partial charge in [0, 0.05) is 31.2 Å². The molecule has 3 aromatic rings. The van der Waals surface area contributed by atoms with Gasteiger partial charge in [0.15, 0.2) is 11.5 Å². The van der Waals surface area contributed by atoms with Crippen LogP contribution in [0, 0.1) is 0 Å². The van der Waals surface area contributed by atoms with E-state index in [9.17, 15) is 4.79 Å². The Morgan fingerprint density at radius 1 is 1.07 bits per heavy atom. The molecule has 2 heterocycles. The molecule has 0 radical (unpaired) electrons. The second-order valence-corrected chi connectivity index (χ2v) is 6.22. The van der Waals surface area contributed by atoms with E-state index in [1.165, 1.54) is 0 Å². The number of ether oxygens (including phenoxy) is 2. The molecular formula is C21H20N4O3. The van der Waals surface area contributed by atoms with Crippen LogP contribution in [0.2, 0.25) is 0 Å². The maximum absolute atomic E-state index is 12.4. The van der Waals surface area contributed by atoms with Crippen molar-refractivity contribution in [1.29, 1.82) is 0 Å². The number of hydrogen-bond donors (Lipinski definition) is 1. The average molecular weight is 376 g/mol. The Bertz CT molecular complexity index is 961. The summed E-state index contributed by atoms with van der Waals surface area (Å²) in [5.41, 5.74) is 2.34. The Morgan fingerprint density at radius 3 is 2.57 bits per heavy atom. The summed E-state index contributed by atoms with van der Waals surface area (Å²) in [7, 11) is 0. The summed E-state index contributed by atoms with van der Waals surface area (Å²) in [6, 6.07) is 15.5. The van der Waals surface area contributed by atoms with Crippen molar-refractivity contribution in [2.75, 3.05) is 18.2 Å². The van der Waals surface area contributed by atoms with E-state index in [-0.39, 0.29) is 12.7 Å². The number of nitrogens with zero attached hydrogens (tertiary/aromatic N) is 3. The molecule has 1 aromatic heterocycles. The highest BCUT2D eigenvalue weighted by atomic mass is 16.7. The highest BCUT2D eigenvalue weighted by Gasteiger charge is 2.15. The predicted octanol–water partition coefficient (Wildman–Crippen LogP) is 3.29. The van der Waals surface area contributed by atoms with Gasteiger partial charge in [-0.1, -0.05) is 24.3 Å². The zero-order valence-electron chi connectivity index (χ0n) is 15.5. The highest BCUT2D eigenvalue weighted by molar-refractivity contribution is 5.93. The SMILES string of the molecule is CCN(c1ccccc1)c1ncc(C(=O)NCc2ccc3c(c2)OCO3)cn1. The van der Waals surface area contributed by atoms with Gasteiger partial charge < -0.3 is 19.7 Å². The van der Waals surface area contributed by atoms with E-state index < -0.39 is 0 Å². The van der Waals surface area contributed by atoms with Crippen LogP contribution in [0.1, 0.15) is 22.8 Å². The van der Waals surface area contributed by atoms with Crippen LogP contribution in [-0.4, -0.2) is 29.2 Å². The first kappa shape index (κ1) is 17.8. The van der Waals surface area contributed by atoms with Crippen molar-refractivity contribution in [3.8, 4) is 11.5 Å². The minimum Gasteiger partial charge on any atom is -0.454 e. The zero-order chi connectivity index (χ0) is 19.3. The number of hydrogen-bond acceptors (Lipinski definition) is 6. The lowest BCUT2D eigenvalue weighted by Crippen LogP contribution is -2.24. The summed E-state index contributed by atoms with van der Waals surface area (Å²) in [5, 5.41) is 2.87. The smallest absolute Gasteiger partial charge is 0.254 e. The van der Waals surface area contributed by atoms with Gasteiger partial charge in [0.05, 0.1) is 5.56 Å². The van der Waals surface area contributed by atoms with E-state index in [0.29, 0.717) is 23.8 Å². The van der Waals surface area contributed by atoms with Gasteiger partial charge in [0.1, 0.15) is 0 Å². The Balaban J connectivity index is 1.41. The lowest BCUT2D eigenvalue weighted by atomic mass is 10.2. The molecule has 0 atom stereocenters. The number of para-hydroxylation sites is 1. The van der Waals surface area contributed by atoms with E-state index >= 15 is 0 Å². The van der Waals surface area contributed by atoms with Crippen molar-refractivity contribution in [3.05, 3.63) is 72.1 Å². The molecule has 0 aliphatic carbocycles. The second-order valence-electron chi connectivity index (χ2n) is 6.22. The molecule has 1 amide bonds. The highest BCUT2D eigenvalue weighted by Crippen LogP contribution is 2.32. The Morgan fingerprint density at radius 2 is 1.82 bits per heavy atom. The number of rotatable bonds is 6. The Hall–Kier alpha value is -3.61. The molecule has 0 bridgehead atoms. The fourth-order valence-electron chi connectivity index (χ4n) is 2.96. The number of carbonyl (C=O) groups is 1. The first-order chi connectivity index (χ1) is 13.7. The molecule has 7 heteroatoms. The molecule has 1 aliphatic heterocycles. The van der Waals surface area contributed by atoms with Gasteiger partial charge in [0.2, 0.25) is 12.7 Å². The summed E-state index contributed by atoms with van der Waals surface area (Å²) >= 11 is 0. The van der Waals surface area contributed by atoms with Crippen molar-refractivity contribution in [2.45, 2.75) is 13.5 Å². The van der Waals surface area contributed by atoms with Crippen LogP contribution < -0.4 is 19.7 Å². The molecule has 142 valence electrons. The van der Waals surface area contributed by atoms with Gasteiger partial charge in [0.25, 0.3) is 5.91 Å². The van der Waals surface area contributed by atoms with Crippen LogP contribution in [0.25, 0.3) is 0 Å². The van der Waals surface area contributed by atoms with E-state index in [1.54, 1.807) is 12.4 Å². The van der Waals surface area contributed by atoms with E-state index in [4.69, 9.17) is 9.47 Å². The van der Waals surface area contributed by atoms with Crippen molar-refractivity contribution in [3.63, 3.8) is 0 Å². The van der Waals surface area contributed by atoms with Crippen LogP contribution in [0.15, 0.2) is 60.9 Å². The van der Waals surface area contributed by atoms with Gasteiger partial charge in [-0.25, -0.2) is 9.97 Å². The fourth-order valence-corrected chi connectivity index (χ4v) is 2.96. The molecule has 0 unspecified atom stereocenters. The lowest BCUT2D eigenvalue weighted by molar-refractivity contribution is 0.0950. The van der Waals surface area contributed by atoms with Crippen molar-refractivity contribution in [1.82, 2.24) is 15.3 Å². The van der Waals surface area contributed by atoms with Crippen molar-refractivity contribution < 1.29 is 14.3 Å². The van der Waals surface area contributed by atoms with Crippen LogP contribution in [0.3, 0.4) is 0 Å². The van der Waals surface area contributed by atoms with E-state index in [0.717, 1.165) is 23.5 Å². The molecule has 28 heavy (non-hydrogen) atoms. The summed E-state index contributed by atoms with van der Waals surface area (Å²) in [6.07, 6.45) is 3.09. The van der Waals surface area contributed by atoms with Gasteiger partial charge >= 0.3 is 0 Å². The van der Waals surface area contributed by atoms with Crippen LogP contribution in [0.4, 0.5) is 11.6 Å². The van der Waals surface area contributed by atoms with Crippen molar-refractivity contribution in [2.24, 2.45) is 0 Å². The topological polar surface area (TPSA) is 76.6 Å². The molecule has 1 aliphatic rings. The molecule has 1 N–H and O–H groups in total. The number of carbonyl (C=O) groups excluding carboxylic acids is 1. The second kappa shape index (κ2) is 7.96. The third-order valence-electron chi connectivity index (χ3n) is 4.42. The molecular weight excluding hydrogens is 356 g/mol. The quantitative estimate of drug-likeness (QED) is 0.711. The molecule has 0 saturated heterocycles. The Labute approximate surface area is 163 Å². The molecule has 0 saturated carbocycles. The van der Waals surface area contributed by atoms with Gasteiger partial charge in [-0.2, -0.15) is 0 Å². The largest absolute Gasteiger partial charge is 0.454 e. The maximum atomic E-state index is 12.4. The first-order valence-corrected chi connectivity index (χ1v) is 9.06. The van der Waals surface area contributed by atoms with Gasteiger partial charge in [-0.15, -0.1) is 0 Å². The normalized spacial score (nSPS) is 11.9. The van der Waals surface area contributed by atoms with Crippen LogP contribution in [-0.2, 0) is 6.54 Å². The summed E-state index contributed by atoms with van der Waals surface area (Å²) in [5.74, 6) is 1.74. The standard InChI is InChI=1S/C21H20N4O3/c1-2-25(17-6-4-3-5-7-17)21-23-12-16(13-24-21)20(26)22-11-15-8-9-18-19(10-15)28-14-27-18/h3-10,12-13H,2,11,14H2,1H3,(H,22,26). The third kappa shape index (κ3) is 3.73. The number of amides is 1. The number of anilines is 2. The molecule has 4 rings (SSSR count). The molecule has 0 spiro atoms. The Kier molecular flexibility index (Phi) is 5.05. The molecule has 7 nitrogen and oxygen atoms in total. The molecule has 2 aromatic carbocycles. The number of nitrogens with one attached hydrogen (secondary N) is 1. The van der Waals surface area contributed by atoms with E-state index in [1.807, 2.05) is 60.4 Å². The summed E-state index contributed by atoms with van der Waals surface area (Å²) in [6.45, 7) is 3.36. The first-order valence-electron chi connectivity index (χ1n) is 9.06. The van der Waals surface area contributed by atoms with Gasteiger partial charge in [-0.05, 0) is 36.8 Å². The fraction of sp³-hybridized carbons (Fsp3) is 0.190. The minimum atomic E-state index is -0.230. The predicted molar refractivity (Wildman–Crippen MR) is 105 cm³/mol. The van der Waals surface area contributed by atoms with Gasteiger partial charge in [-0.3, -0.25) is 4.79 Å². The molecule has 0 fully saturated rings. The van der Waals surface area contributed by atoms with E-state index in [2.05, 4.69) is 15.3 Å². The zero-order valence-corrected chi connectivity index (χ0v) is 15.5.